The highest BCUT2D eigenvalue weighted by Gasteiger charge is 2.08. The molecule has 3 N–H and O–H groups in total. The fourth-order valence-corrected chi connectivity index (χ4v) is 1.87. The number of anilines is 1. The molecule has 15 heavy (non-hydrogen) atoms. The lowest BCUT2D eigenvalue weighted by Crippen LogP contribution is -2.32. The first kappa shape index (κ1) is 12.4. The van der Waals surface area contributed by atoms with Gasteiger partial charge in [-0.15, -0.1) is 11.8 Å². The van der Waals surface area contributed by atoms with Crippen LogP contribution >= 0.6 is 23.4 Å². The molecule has 0 spiro atoms. The van der Waals surface area contributed by atoms with E-state index in [1.54, 1.807) is 30.8 Å². The lowest BCUT2D eigenvalue weighted by molar-refractivity contribution is -0.117. The van der Waals surface area contributed by atoms with Crippen molar-refractivity contribution in [3.8, 4) is 0 Å². The largest absolute Gasteiger partial charge is 0.325 e. The van der Waals surface area contributed by atoms with Gasteiger partial charge >= 0.3 is 0 Å². The van der Waals surface area contributed by atoms with Crippen LogP contribution in [0.1, 0.15) is 6.92 Å². The normalized spacial score (nSPS) is 12.3. The van der Waals surface area contributed by atoms with Crippen LogP contribution in [0.5, 0.6) is 0 Å². The maximum absolute atomic E-state index is 11.3. The number of nitrogens with one attached hydrogen (secondary N) is 1. The minimum atomic E-state index is -0.524. The number of thioether (sulfide) groups is 1. The molecule has 0 aliphatic carbocycles. The molecule has 0 heterocycles. The van der Waals surface area contributed by atoms with Crippen molar-refractivity contribution in [1.29, 1.82) is 0 Å². The summed E-state index contributed by atoms with van der Waals surface area (Å²) in [5.41, 5.74) is 6.10. The number of carbonyl (C=O) groups is 1. The fourth-order valence-electron chi connectivity index (χ4n) is 1.00. The monoisotopic (exact) mass is 244 g/mol. The molecule has 82 valence electrons. The molecule has 1 amide bonds. The highest BCUT2D eigenvalue weighted by atomic mass is 35.5. The minimum Gasteiger partial charge on any atom is -0.325 e. The second kappa shape index (κ2) is 5.39. The highest BCUT2D eigenvalue weighted by molar-refractivity contribution is 7.98. The summed E-state index contributed by atoms with van der Waals surface area (Å²) in [6.07, 6.45) is 1.95. The Morgan fingerprint density at radius 1 is 1.60 bits per heavy atom. The van der Waals surface area contributed by atoms with Crippen molar-refractivity contribution in [3.05, 3.63) is 23.2 Å². The molecule has 0 unspecified atom stereocenters. The van der Waals surface area contributed by atoms with E-state index in [0.717, 1.165) is 4.90 Å². The maximum atomic E-state index is 11.3. The summed E-state index contributed by atoms with van der Waals surface area (Å²) in [6, 6.07) is 4.86. The molecular formula is C10H13ClN2OS. The highest BCUT2D eigenvalue weighted by Crippen LogP contribution is 2.27. The first-order valence-corrected chi connectivity index (χ1v) is 6.05. The molecule has 0 fully saturated rings. The Balaban J connectivity index is 2.80. The topological polar surface area (TPSA) is 55.1 Å². The minimum absolute atomic E-state index is 0.219. The van der Waals surface area contributed by atoms with Crippen molar-refractivity contribution in [2.75, 3.05) is 11.6 Å². The van der Waals surface area contributed by atoms with Gasteiger partial charge in [0.15, 0.2) is 0 Å². The van der Waals surface area contributed by atoms with Crippen molar-refractivity contribution < 1.29 is 4.79 Å². The summed E-state index contributed by atoms with van der Waals surface area (Å²) in [5, 5.41) is 3.31. The fraction of sp³-hybridized carbons (Fsp3) is 0.300. The molecule has 5 heteroatoms. The summed E-state index contributed by atoms with van der Waals surface area (Å²) < 4.78 is 0. The van der Waals surface area contributed by atoms with Crippen LogP contribution in [0, 0.1) is 0 Å². The van der Waals surface area contributed by atoms with E-state index in [-0.39, 0.29) is 5.91 Å². The van der Waals surface area contributed by atoms with E-state index in [1.807, 2.05) is 12.3 Å². The quantitative estimate of drug-likeness (QED) is 0.803. The van der Waals surface area contributed by atoms with Crippen LogP contribution in [0.2, 0.25) is 5.02 Å². The number of nitrogens with two attached hydrogens (primary N) is 1. The summed E-state index contributed by atoms with van der Waals surface area (Å²) in [6.45, 7) is 1.63. The Morgan fingerprint density at radius 2 is 2.27 bits per heavy atom. The van der Waals surface area contributed by atoms with Gasteiger partial charge in [-0.1, -0.05) is 11.6 Å². The smallest absolute Gasteiger partial charge is 0.240 e. The Morgan fingerprint density at radius 3 is 2.73 bits per heavy atom. The van der Waals surface area contributed by atoms with Crippen molar-refractivity contribution >= 4 is 35.0 Å². The van der Waals surface area contributed by atoms with Crippen LogP contribution in [0.15, 0.2) is 23.1 Å². The van der Waals surface area contributed by atoms with E-state index in [2.05, 4.69) is 5.32 Å². The predicted octanol–water partition coefficient (Wildman–Crippen LogP) is 2.35. The van der Waals surface area contributed by atoms with Gasteiger partial charge in [-0.05, 0) is 31.4 Å². The van der Waals surface area contributed by atoms with Crippen molar-refractivity contribution in [2.45, 2.75) is 17.9 Å². The van der Waals surface area contributed by atoms with E-state index >= 15 is 0 Å². The van der Waals surface area contributed by atoms with E-state index < -0.39 is 6.04 Å². The number of amides is 1. The molecule has 0 saturated carbocycles. The molecule has 0 aliphatic rings. The number of hydrogen-bond donors (Lipinski definition) is 2. The molecule has 0 aromatic heterocycles. The average molecular weight is 245 g/mol. The van der Waals surface area contributed by atoms with E-state index in [4.69, 9.17) is 17.3 Å². The van der Waals surface area contributed by atoms with Crippen molar-refractivity contribution in [1.82, 2.24) is 0 Å². The van der Waals surface area contributed by atoms with E-state index in [1.165, 1.54) is 0 Å². The number of halogens is 1. The average Bonchev–Trinajstić information content (AvgIpc) is 2.18. The van der Waals surface area contributed by atoms with Crippen LogP contribution in [-0.4, -0.2) is 18.2 Å². The molecule has 0 saturated heterocycles. The van der Waals surface area contributed by atoms with E-state index in [9.17, 15) is 4.79 Å². The zero-order chi connectivity index (χ0) is 11.4. The summed E-state index contributed by atoms with van der Waals surface area (Å²) >= 11 is 7.55. The first-order valence-electron chi connectivity index (χ1n) is 4.44. The molecule has 1 aromatic carbocycles. The molecule has 0 radical (unpaired) electrons. The molecule has 0 bridgehead atoms. The lowest BCUT2D eigenvalue weighted by atomic mass is 10.3. The molecular weight excluding hydrogens is 232 g/mol. The summed E-state index contributed by atoms with van der Waals surface area (Å²) in [4.78, 5) is 12.3. The lowest BCUT2D eigenvalue weighted by Gasteiger charge is -2.09. The van der Waals surface area contributed by atoms with Gasteiger partial charge in [0.05, 0.1) is 11.1 Å². The molecule has 1 atom stereocenters. The summed E-state index contributed by atoms with van der Waals surface area (Å²) in [5.74, 6) is -0.219. The zero-order valence-electron chi connectivity index (χ0n) is 8.58. The Bertz CT molecular complexity index is 368. The van der Waals surface area contributed by atoms with Crippen LogP contribution in [-0.2, 0) is 4.79 Å². The number of carbonyl (C=O) groups excluding carboxylic acids is 1. The second-order valence-corrected chi connectivity index (χ2v) is 4.38. The third kappa shape index (κ3) is 3.41. The SMILES string of the molecule is CSc1ccc(NC(=O)[C@H](C)N)cc1Cl. The van der Waals surface area contributed by atoms with Gasteiger partial charge < -0.3 is 11.1 Å². The maximum Gasteiger partial charge on any atom is 0.240 e. The van der Waals surface area contributed by atoms with Gasteiger partial charge in [0.2, 0.25) is 5.91 Å². The van der Waals surface area contributed by atoms with Crippen molar-refractivity contribution in [2.24, 2.45) is 5.73 Å². The van der Waals surface area contributed by atoms with Crippen LogP contribution in [0.4, 0.5) is 5.69 Å². The predicted molar refractivity (Wildman–Crippen MR) is 65.5 cm³/mol. The van der Waals surface area contributed by atoms with E-state index in [0.29, 0.717) is 10.7 Å². The number of hydrogen-bond acceptors (Lipinski definition) is 3. The van der Waals surface area contributed by atoms with Gasteiger partial charge in [0, 0.05) is 10.6 Å². The van der Waals surface area contributed by atoms with Gasteiger partial charge in [0.1, 0.15) is 0 Å². The molecule has 1 rings (SSSR count). The zero-order valence-corrected chi connectivity index (χ0v) is 10.2. The van der Waals surface area contributed by atoms with Crippen molar-refractivity contribution in [3.63, 3.8) is 0 Å². The second-order valence-electron chi connectivity index (χ2n) is 3.13. The number of rotatable bonds is 3. The van der Waals surface area contributed by atoms with Crippen LogP contribution in [0.3, 0.4) is 0 Å². The molecule has 1 aromatic rings. The van der Waals surface area contributed by atoms with Crippen LogP contribution in [0.25, 0.3) is 0 Å². The first-order chi connectivity index (χ1) is 7.04. The Labute approximate surface area is 98.4 Å². The summed E-state index contributed by atoms with van der Waals surface area (Å²) in [7, 11) is 0. The van der Waals surface area contributed by atoms with Gasteiger partial charge in [0.25, 0.3) is 0 Å². The number of benzene rings is 1. The molecule has 0 aliphatic heterocycles. The van der Waals surface area contributed by atoms with Crippen LogP contribution < -0.4 is 11.1 Å². The van der Waals surface area contributed by atoms with Gasteiger partial charge in [-0.3, -0.25) is 4.79 Å². The van der Waals surface area contributed by atoms with Gasteiger partial charge in [-0.25, -0.2) is 0 Å². The third-order valence-corrected chi connectivity index (χ3v) is 3.05. The Kier molecular flexibility index (Phi) is 4.45. The molecule has 3 nitrogen and oxygen atoms in total. The Hall–Kier alpha value is -0.710. The standard InChI is InChI=1S/C10H13ClN2OS/c1-6(12)10(14)13-7-3-4-9(15-2)8(11)5-7/h3-6H,12H2,1-2H3,(H,13,14)/t6-/m0/s1. The third-order valence-electron chi connectivity index (χ3n) is 1.83. The van der Waals surface area contributed by atoms with Gasteiger partial charge in [-0.2, -0.15) is 0 Å².